The molecule has 0 unspecified atom stereocenters. The zero-order chi connectivity index (χ0) is 23.9. The largest absolute Gasteiger partial charge is 0.493 e. The lowest BCUT2D eigenvalue weighted by Gasteiger charge is -2.19. The predicted molar refractivity (Wildman–Crippen MR) is 134 cm³/mol. The summed E-state index contributed by atoms with van der Waals surface area (Å²) >= 11 is 0. The van der Waals surface area contributed by atoms with Gasteiger partial charge in [-0.05, 0) is 53.3 Å². The molecule has 1 N–H and O–H groups in total. The van der Waals surface area contributed by atoms with Gasteiger partial charge in [-0.15, -0.1) is 0 Å². The van der Waals surface area contributed by atoms with Crippen LogP contribution in [0.4, 0.5) is 5.69 Å². The average molecular weight is 461 g/mol. The fourth-order valence-electron chi connectivity index (χ4n) is 4.38. The van der Waals surface area contributed by atoms with E-state index in [2.05, 4.69) is 58.7 Å². The normalized spacial score (nSPS) is 12.3. The third-order valence-corrected chi connectivity index (χ3v) is 6.23. The first-order chi connectivity index (χ1) is 16.6. The van der Waals surface area contributed by atoms with Gasteiger partial charge >= 0.3 is 0 Å². The Labute approximate surface area is 201 Å². The molecule has 4 rings (SSSR count). The minimum atomic E-state index is 0.00602. The van der Waals surface area contributed by atoms with E-state index in [1.54, 1.807) is 21.3 Å². The Morgan fingerprint density at radius 2 is 1.56 bits per heavy atom. The van der Waals surface area contributed by atoms with Gasteiger partial charge in [-0.1, -0.05) is 42.5 Å². The number of nitrogens with one attached hydrogen (secondary N) is 1. The molecule has 1 aliphatic rings. The van der Waals surface area contributed by atoms with Gasteiger partial charge in [0.05, 0.1) is 21.3 Å². The Morgan fingerprint density at radius 1 is 0.882 bits per heavy atom. The van der Waals surface area contributed by atoms with E-state index in [-0.39, 0.29) is 5.91 Å². The molecule has 0 atom stereocenters. The van der Waals surface area contributed by atoms with Crippen molar-refractivity contribution >= 4 is 11.6 Å². The number of hydrogen-bond acceptors (Lipinski definition) is 5. The van der Waals surface area contributed by atoms with Gasteiger partial charge in [0.15, 0.2) is 11.5 Å². The Hall–Kier alpha value is -3.67. The zero-order valence-electron chi connectivity index (χ0n) is 20.1. The molecular weight excluding hydrogens is 428 g/mol. The van der Waals surface area contributed by atoms with E-state index >= 15 is 0 Å². The topological polar surface area (TPSA) is 60.0 Å². The number of anilines is 1. The first kappa shape index (κ1) is 23.5. The van der Waals surface area contributed by atoms with Crippen molar-refractivity contribution < 1.29 is 19.0 Å². The van der Waals surface area contributed by atoms with Crippen molar-refractivity contribution in [2.45, 2.75) is 32.4 Å². The molecule has 3 aromatic rings. The molecule has 0 aromatic heterocycles. The predicted octanol–water partition coefficient (Wildman–Crippen LogP) is 4.52. The molecule has 0 radical (unpaired) electrons. The van der Waals surface area contributed by atoms with E-state index in [4.69, 9.17) is 14.2 Å². The van der Waals surface area contributed by atoms with Gasteiger partial charge in [-0.3, -0.25) is 4.79 Å². The van der Waals surface area contributed by atoms with Gasteiger partial charge in [0.1, 0.15) is 0 Å². The third-order valence-electron chi connectivity index (χ3n) is 6.23. The number of carbonyl (C=O) groups excluding carboxylic acids is 1. The van der Waals surface area contributed by atoms with Crippen molar-refractivity contribution in [2.24, 2.45) is 0 Å². The SMILES string of the molecule is COc1cc(CCC(=O)NCc2ccc(CN3CCc4ccccc43)cc2)cc(OC)c1OC. The molecule has 178 valence electrons. The van der Waals surface area contributed by atoms with E-state index in [0.29, 0.717) is 36.6 Å². The van der Waals surface area contributed by atoms with Crippen LogP contribution in [-0.2, 0) is 30.7 Å². The molecule has 1 aliphatic heterocycles. The van der Waals surface area contributed by atoms with Crippen LogP contribution in [0.5, 0.6) is 17.2 Å². The maximum absolute atomic E-state index is 12.4. The Balaban J connectivity index is 1.27. The van der Waals surface area contributed by atoms with Crippen molar-refractivity contribution in [3.63, 3.8) is 0 Å². The van der Waals surface area contributed by atoms with E-state index in [1.165, 1.54) is 16.8 Å². The number of carbonyl (C=O) groups is 1. The third kappa shape index (κ3) is 5.45. The molecule has 1 heterocycles. The Kier molecular flexibility index (Phi) is 7.58. The van der Waals surface area contributed by atoms with Crippen molar-refractivity contribution in [3.05, 3.63) is 82.9 Å². The second-order valence-electron chi connectivity index (χ2n) is 8.43. The van der Waals surface area contributed by atoms with E-state index < -0.39 is 0 Å². The monoisotopic (exact) mass is 460 g/mol. The van der Waals surface area contributed by atoms with Crippen LogP contribution in [0.3, 0.4) is 0 Å². The number of ether oxygens (including phenoxy) is 3. The number of methoxy groups -OCH3 is 3. The van der Waals surface area contributed by atoms with Crippen molar-refractivity contribution in [1.82, 2.24) is 5.32 Å². The summed E-state index contributed by atoms with van der Waals surface area (Å²) in [7, 11) is 4.75. The standard InChI is InChI=1S/C28H32N2O4/c1-32-25-16-22(17-26(33-2)28(25)34-3)12-13-27(31)29-18-20-8-10-21(11-9-20)19-30-15-14-23-6-4-5-7-24(23)30/h4-11,16-17H,12-15,18-19H2,1-3H3,(H,29,31). The quantitative estimate of drug-likeness (QED) is 0.482. The molecule has 34 heavy (non-hydrogen) atoms. The number of benzene rings is 3. The number of hydrogen-bond donors (Lipinski definition) is 1. The molecule has 6 heteroatoms. The molecule has 3 aromatic carbocycles. The van der Waals surface area contributed by atoms with Crippen LogP contribution in [0.1, 0.15) is 28.7 Å². The summed E-state index contributed by atoms with van der Waals surface area (Å²) in [6.07, 6.45) is 2.07. The Bertz CT molecular complexity index is 1100. The molecule has 1 amide bonds. The van der Waals surface area contributed by atoms with Crippen molar-refractivity contribution in [1.29, 1.82) is 0 Å². The second kappa shape index (κ2) is 11.0. The number of nitrogens with zero attached hydrogens (tertiary/aromatic N) is 1. The van der Waals surface area contributed by atoms with Gasteiger partial charge in [0, 0.05) is 31.7 Å². The van der Waals surface area contributed by atoms with Crippen LogP contribution < -0.4 is 24.4 Å². The van der Waals surface area contributed by atoms with Crippen LogP contribution in [0.15, 0.2) is 60.7 Å². The van der Waals surface area contributed by atoms with Gasteiger partial charge in [0.2, 0.25) is 11.7 Å². The number of fused-ring (bicyclic) bond motifs is 1. The zero-order valence-corrected chi connectivity index (χ0v) is 20.1. The van der Waals surface area contributed by atoms with E-state index in [0.717, 1.165) is 30.6 Å². The summed E-state index contributed by atoms with van der Waals surface area (Å²) in [5.41, 5.74) is 6.08. The summed E-state index contributed by atoms with van der Waals surface area (Å²) in [6.45, 7) is 2.47. The molecule has 0 saturated heterocycles. The maximum atomic E-state index is 12.4. The van der Waals surface area contributed by atoms with Gasteiger partial charge < -0.3 is 24.4 Å². The van der Waals surface area contributed by atoms with Gasteiger partial charge in [-0.25, -0.2) is 0 Å². The highest BCUT2D eigenvalue weighted by atomic mass is 16.5. The smallest absolute Gasteiger partial charge is 0.220 e. The van der Waals surface area contributed by atoms with Crippen LogP contribution >= 0.6 is 0 Å². The molecule has 0 aliphatic carbocycles. The first-order valence-corrected chi connectivity index (χ1v) is 11.6. The van der Waals surface area contributed by atoms with Crippen molar-refractivity contribution in [3.8, 4) is 17.2 Å². The van der Waals surface area contributed by atoms with E-state index in [9.17, 15) is 4.79 Å². The fourth-order valence-corrected chi connectivity index (χ4v) is 4.38. The fraction of sp³-hybridized carbons (Fsp3) is 0.321. The minimum absolute atomic E-state index is 0.00602. The Morgan fingerprint density at radius 3 is 2.24 bits per heavy atom. The minimum Gasteiger partial charge on any atom is -0.493 e. The lowest BCUT2D eigenvalue weighted by molar-refractivity contribution is -0.121. The number of para-hydroxylation sites is 1. The van der Waals surface area contributed by atoms with Crippen LogP contribution in [-0.4, -0.2) is 33.8 Å². The second-order valence-corrected chi connectivity index (χ2v) is 8.43. The summed E-state index contributed by atoms with van der Waals surface area (Å²) in [6, 6.07) is 20.9. The maximum Gasteiger partial charge on any atom is 0.220 e. The molecule has 0 bridgehead atoms. The molecular formula is C28H32N2O4. The summed E-state index contributed by atoms with van der Waals surface area (Å²) in [5, 5.41) is 3.02. The van der Waals surface area contributed by atoms with Crippen molar-refractivity contribution in [2.75, 3.05) is 32.8 Å². The van der Waals surface area contributed by atoms with E-state index in [1.807, 2.05) is 12.1 Å². The van der Waals surface area contributed by atoms with Gasteiger partial charge in [0.25, 0.3) is 0 Å². The number of rotatable bonds is 10. The summed E-state index contributed by atoms with van der Waals surface area (Å²) in [5.74, 6) is 1.74. The molecule has 0 saturated carbocycles. The van der Waals surface area contributed by atoms with Crippen LogP contribution in [0.2, 0.25) is 0 Å². The lowest BCUT2D eigenvalue weighted by atomic mass is 10.1. The summed E-state index contributed by atoms with van der Waals surface area (Å²) in [4.78, 5) is 14.9. The summed E-state index contributed by atoms with van der Waals surface area (Å²) < 4.78 is 16.1. The highest BCUT2D eigenvalue weighted by molar-refractivity contribution is 5.76. The highest BCUT2D eigenvalue weighted by Gasteiger charge is 2.18. The van der Waals surface area contributed by atoms with Crippen LogP contribution in [0.25, 0.3) is 0 Å². The van der Waals surface area contributed by atoms with Crippen LogP contribution in [0, 0.1) is 0 Å². The molecule has 0 fully saturated rings. The lowest BCUT2D eigenvalue weighted by Crippen LogP contribution is -2.23. The number of aryl methyl sites for hydroxylation is 1. The highest BCUT2D eigenvalue weighted by Crippen LogP contribution is 2.38. The molecule has 0 spiro atoms. The number of amides is 1. The molecule has 6 nitrogen and oxygen atoms in total. The van der Waals surface area contributed by atoms with Gasteiger partial charge in [-0.2, -0.15) is 0 Å². The first-order valence-electron chi connectivity index (χ1n) is 11.6. The average Bonchev–Trinajstić information content (AvgIpc) is 3.29.